The number of amides is 1. The number of hydrogen-bond donors (Lipinski definition) is 2. The van der Waals surface area contributed by atoms with Crippen LogP contribution in [0.5, 0.6) is 5.75 Å². The number of rotatable bonds is 8. The number of nitrogens with one attached hydrogen (secondary N) is 2. The summed E-state index contributed by atoms with van der Waals surface area (Å²) in [4.78, 5) is 18.0. The zero-order valence-electron chi connectivity index (χ0n) is 28.2. The minimum atomic E-state index is -3.30. The van der Waals surface area contributed by atoms with Gasteiger partial charge in [-0.3, -0.25) is 9.78 Å². The van der Waals surface area contributed by atoms with Crippen molar-refractivity contribution in [3.8, 4) is 11.8 Å². The molecule has 1 amide bonds. The van der Waals surface area contributed by atoms with Crippen molar-refractivity contribution in [2.75, 3.05) is 37.8 Å². The number of likely N-dealkylation sites (N-methyl/N-ethyl adjacent to an activating group) is 1. The maximum absolute atomic E-state index is 14.2. The summed E-state index contributed by atoms with van der Waals surface area (Å²) in [5, 5.41) is 13.9. The molecule has 0 radical (unpaired) electrons. The molecule has 170 valence electrons. The maximum Gasteiger partial charge on any atom is 0.248 e. The molecule has 0 saturated carbocycles. The molecule has 0 fully saturated rings. The second-order valence-electron chi connectivity index (χ2n) is 6.52. The lowest BCUT2D eigenvalue weighted by Gasteiger charge is -2.16. The van der Waals surface area contributed by atoms with Crippen LogP contribution in [0, 0.1) is 17.1 Å². The van der Waals surface area contributed by atoms with E-state index < -0.39 is 78.0 Å². The summed E-state index contributed by atoms with van der Waals surface area (Å²) in [6.07, 6.45) is 1.65. The van der Waals surface area contributed by atoms with Crippen LogP contribution in [0.1, 0.15) is 27.5 Å². The molecule has 0 aliphatic rings. The third-order valence-electron chi connectivity index (χ3n) is 3.97. The summed E-state index contributed by atoms with van der Waals surface area (Å²) >= 11 is 5.83. The zero-order valence-corrected chi connectivity index (χ0v) is 18.0. The smallest absolute Gasteiger partial charge is 0.248 e. The van der Waals surface area contributed by atoms with E-state index in [0.717, 1.165) is 23.2 Å². The van der Waals surface area contributed by atoms with E-state index in [1.54, 1.807) is 0 Å². The van der Waals surface area contributed by atoms with Gasteiger partial charge >= 0.3 is 0 Å². The Labute approximate surface area is 211 Å². The molecule has 2 N–H and O–H groups in total. The van der Waals surface area contributed by atoms with Crippen LogP contribution in [0.4, 0.5) is 21.5 Å². The van der Waals surface area contributed by atoms with Gasteiger partial charge in [-0.15, -0.1) is 0 Å². The summed E-state index contributed by atoms with van der Waals surface area (Å²) in [6, 6.07) is 0.786. The highest BCUT2D eigenvalue weighted by Crippen LogP contribution is 2.36. The molecule has 7 nitrogen and oxygen atoms in total. The van der Waals surface area contributed by atoms with Gasteiger partial charge in [-0.25, -0.2) is 4.39 Å². The Balaban J connectivity index is 2.29. The highest BCUT2D eigenvalue weighted by molar-refractivity contribution is 6.31. The molecule has 1 aromatic heterocycles. The number of hydrogen-bond acceptors (Lipinski definition) is 6. The molecule has 0 saturated heterocycles. The fourth-order valence-electron chi connectivity index (χ4n) is 2.63. The van der Waals surface area contributed by atoms with Crippen LogP contribution in [-0.2, 0) is 4.79 Å². The Hall–Kier alpha value is -3.67. The van der Waals surface area contributed by atoms with E-state index in [4.69, 9.17) is 31.4 Å². The van der Waals surface area contributed by atoms with Gasteiger partial charge in [0, 0.05) is 42.8 Å². The van der Waals surface area contributed by atoms with Gasteiger partial charge in [0.25, 0.3) is 0 Å². The average Bonchev–Trinajstić information content (AvgIpc) is 2.92. The van der Waals surface area contributed by atoms with Gasteiger partial charge in [-0.05, 0) is 45.1 Å². The van der Waals surface area contributed by atoms with Gasteiger partial charge < -0.3 is 20.3 Å². The molecule has 3 rings (SSSR count). The van der Waals surface area contributed by atoms with Crippen molar-refractivity contribution in [2.24, 2.45) is 0 Å². The SMILES string of the molecule is [2H]/C(=C\C(=O)Nc1cc2c(Nc3c([2H])c([2H])c(F)c(Cl)c3[2H])c(C#N)cnc2cc1OC([2H])([2H])C([2H])([2H])[2H])C([2H])([2H])N(C)C. The van der Waals surface area contributed by atoms with Gasteiger partial charge in [-0.1, -0.05) is 17.7 Å². The molecule has 0 unspecified atom stereocenters. The van der Waals surface area contributed by atoms with E-state index in [-0.39, 0.29) is 22.2 Å². The molecule has 9 heteroatoms. The maximum atomic E-state index is 14.2. The minimum absolute atomic E-state index is 0.0365. The summed E-state index contributed by atoms with van der Waals surface area (Å²) in [5.41, 5.74) is -1.29. The Bertz CT molecular complexity index is 1700. The fraction of sp³-hybridized carbons (Fsp3) is 0.208. The van der Waals surface area contributed by atoms with Crippen molar-refractivity contribution in [3.63, 3.8) is 0 Å². The van der Waals surface area contributed by atoms with Crippen LogP contribution in [0.25, 0.3) is 10.9 Å². The summed E-state index contributed by atoms with van der Waals surface area (Å²) < 4.78 is 106. The van der Waals surface area contributed by atoms with Crippen LogP contribution in [0.2, 0.25) is 5.02 Å². The van der Waals surface area contributed by atoms with Crippen molar-refractivity contribution in [2.45, 2.75) is 6.85 Å². The van der Waals surface area contributed by atoms with E-state index in [0.29, 0.717) is 6.08 Å². The van der Waals surface area contributed by atoms with Crippen molar-refractivity contribution in [1.29, 1.82) is 5.26 Å². The van der Waals surface area contributed by atoms with Gasteiger partial charge in [0.05, 0.1) is 42.3 Å². The zero-order chi connectivity index (χ0) is 33.5. The molecule has 33 heavy (non-hydrogen) atoms. The summed E-state index contributed by atoms with van der Waals surface area (Å²) in [7, 11) is 2.67. The van der Waals surface area contributed by atoms with Gasteiger partial charge in [0.15, 0.2) is 0 Å². The first-order valence-corrected chi connectivity index (χ1v) is 9.46. The molecule has 1 heterocycles. The minimum Gasteiger partial charge on any atom is -0.492 e. The summed E-state index contributed by atoms with van der Waals surface area (Å²) in [5.74, 6) is -2.95. The van der Waals surface area contributed by atoms with E-state index in [9.17, 15) is 14.4 Å². The Morgan fingerprint density at radius 3 is 3.06 bits per heavy atom. The topological polar surface area (TPSA) is 90.3 Å². The highest BCUT2D eigenvalue weighted by atomic mass is 35.5. The van der Waals surface area contributed by atoms with Crippen molar-refractivity contribution < 1.29 is 29.0 Å². The van der Waals surface area contributed by atoms with Gasteiger partial charge in [0.1, 0.15) is 17.6 Å². The fourth-order valence-corrected chi connectivity index (χ4v) is 2.77. The first-order valence-electron chi connectivity index (χ1n) is 14.6. The number of nitriles is 1. The number of nitrogens with zero attached hydrogens (tertiary/aromatic N) is 3. The quantitative estimate of drug-likeness (QED) is 0.438. The Morgan fingerprint density at radius 1 is 1.52 bits per heavy atom. The monoisotopic (exact) mass is 478 g/mol. The molecule has 0 atom stereocenters. The predicted octanol–water partition coefficient (Wildman–Crippen LogP) is 5.10. The number of anilines is 3. The number of halogens is 2. The lowest BCUT2D eigenvalue weighted by molar-refractivity contribution is -0.111. The Morgan fingerprint density at radius 2 is 2.33 bits per heavy atom. The number of aromatic nitrogens is 1. The number of pyridine rings is 1. The molecule has 0 aliphatic heterocycles. The second-order valence-corrected chi connectivity index (χ2v) is 6.89. The average molecular weight is 479 g/mol. The normalized spacial score (nSPS) is 17.5. The highest BCUT2D eigenvalue weighted by Gasteiger charge is 2.15. The standard InChI is InChI=1S/C24H23ClFN5O2/c1-4-33-22-12-20-17(11-21(22)30-23(32)6-5-9-31(2)3)24(15(13-27)14-28-20)29-16-7-8-19(26)18(25)10-16/h5-8,10-12,14H,4,9H2,1-3H3,(H,28,29)(H,30,32)/b6-5+/i1D3,4D2,5D,7D,8D,9D2,10D. The van der Waals surface area contributed by atoms with E-state index in [1.807, 2.05) is 6.07 Å². The number of ether oxygens (including phenoxy) is 1. The molecular weight excluding hydrogens is 445 g/mol. The van der Waals surface area contributed by atoms with Crippen LogP contribution in [-0.4, -0.2) is 42.9 Å². The Kier molecular flexibility index (Phi) is 4.29. The van der Waals surface area contributed by atoms with Gasteiger partial charge in [-0.2, -0.15) is 5.26 Å². The van der Waals surface area contributed by atoms with Crippen LogP contribution in [0.3, 0.4) is 0 Å². The van der Waals surface area contributed by atoms with Crippen LogP contribution >= 0.6 is 11.6 Å². The largest absolute Gasteiger partial charge is 0.492 e. The first-order chi connectivity index (χ1) is 20.1. The number of benzene rings is 2. The number of carbonyl (C=O) groups is 1. The molecule has 0 aliphatic carbocycles. The van der Waals surface area contributed by atoms with E-state index in [1.165, 1.54) is 14.1 Å². The second kappa shape index (κ2) is 10.8. The molecular formula is C24H23ClFN5O2. The van der Waals surface area contributed by atoms with Crippen molar-refractivity contribution in [1.82, 2.24) is 9.88 Å². The predicted molar refractivity (Wildman–Crippen MR) is 129 cm³/mol. The molecule has 2 aromatic carbocycles. The molecule has 0 bridgehead atoms. The van der Waals surface area contributed by atoms with Crippen molar-refractivity contribution >= 4 is 45.5 Å². The molecule has 3 aromatic rings. The summed E-state index contributed by atoms with van der Waals surface area (Å²) in [6.45, 7) is -8.95. The van der Waals surface area contributed by atoms with Gasteiger partial charge in [0.2, 0.25) is 5.91 Å². The van der Waals surface area contributed by atoms with Crippen LogP contribution < -0.4 is 15.4 Å². The lowest BCUT2D eigenvalue weighted by atomic mass is 10.1. The molecule has 0 spiro atoms. The van der Waals surface area contributed by atoms with E-state index in [2.05, 4.69) is 15.6 Å². The lowest BCUT2D eigenvalue weighted by Crippen LogP contribution is -2.13. The first kappa shape index (κ1) is 13.1. The van der Waals surface area contributed by atoms with Crippen molar-refractivity contribution in [3.05, 3.63) is 65.0 Å². The number of carbonyl (C=O) groups excluding carboxylic acids is 1. The van der Waals surface area contributed by atoms with Crippen LogP contribution in [0.15, 0.2) is 48.6 Å². The third-order valence-corrected chi connectivity index (χ3v) is 4.24. The van der Waals surface area contributed by atoms with E-state index >= 15 is 0 Å². The number of fused-ring (bicyclic) bond motifs is 1. The third kappa shape index (κ3) is 5.98.